The summed E-state index contributed by atoms with van der Waals surface area (Å²) in [6.07, 6.45) is 6.48. The summed E-state index contributed by atoms with van der Waals surface area (Å²) in [4.78, 5) is 23.9. The highest BCUT2D eigenvalue weighted by molar-refractivity contribution is 7.87. The van der Waals surface area contributed by atoms with Gasteiger partial charge in [0.2, 0.25) is 0 Å². The Morgan fingerprint density at radius 1 is 1.07 bits per heavy atom. The smallest absolute Gasteiger partial charge is 0.354 e. The zero-order valence-electron chi connectivity index (χ0n) is 14.6. The Morgan fingerprint density at radius 3 is 2.26 bits per heavy atom. The first-order valence-electron chi connectivity index (χ1n) is 8.66. The molecule has 9 heteroatoms. The Bertz CT molecular complexity index is 957. The van der Waals surface area contributed by atoms with Gasteiger partial charge in [0.1, 0.15) is 0 Å². The summed E-state index contributed by atoms with van der Waals surface area (Å²) in [6.45, 7) is 0. The molecule has 1 aromatic carbocycles. The van der Waals surface area contributed by atoms with Crippen molar-refractivity contribution >= 4 is 22.1 Å². The normalized spacial score (nSPS) is 15.4. The first-order valence-corrected chi connectivity index (χ1v) is 10.2. The number of hydrogen-bond donors (Lipinski definition) is 3. The van der Waals surface area contributed by atoms with Crippen LogP contribution < -0.4 is 10.5 Å². The first-order chi connectivity index (χ1) is 12.8. The Hall–Kier alpha value is -2.65. The van der Waals surface area contributed by atoms with E-state index < -0.39 is 21.9 Å². The fourth-order valence-electron chi connectivity index (χ4n) is 3.39. The van der Waals surface area contributed by atoms with Crippen molar-refractivity contribution in [2.45, 2.75) is 38.1 Å². The Morgan fingerprint density at radius 2 is 1.70 bits per heavy atom. The SMILES string of the molecule is NS(=O)(=O)n1ccc(-c2ccc(C(=O)NC3CCCCC3)cc2)c1C(=O)O. The third-order valence-electron chi connectivity index (χ3n) is 4.73. The van der Waals surface area contributed by atoms with Gasteiger partial charge in [-0.15, -0.1) is 0 Å². The van der Waals surface area contributed by atoms with Crippen molar-refractivity contribution in [3.8, 4) is 11.1 Å². The molecule has 0 bridgehead atoms. The van der Waals surface area contributed by atoms with Gasteiger partial charge in [0.15, 0.2) is 5.69 Å². The lowest BCUT2D eigenvalue weighted by atomic mass is 9.95. The van der Waals surface area contributed by atoms with Crippen LogP contribution in [0, 0.1) is 0 Å². The molecule has 0 radical (unpaired) electrons. The van der Waals surface area contributed by atoms with Gasteiger partial charge in [-0.3, -0.25) is 4.79 Å². The summed E-state index contributed by atoms with van der Waals surface area (Å²) in [6, 6.07) is 7.91. The van der Waals surface area contributed by atoms with Gasteiger partial charge in [-0.25, -0.2) is 13.9 Å². The molecule has 1 aliphatic rings. The average molecular weight is 391 g/mol. The summed E-state index contributed by atoms with van der Waals surface area (Å²) in [5.41, 5.74) is 0.698. The lowest BCUT2D eigenvalue weighted by Crippen LogP contribution is -2.36. The van der Waals surface area contributed by atoms with Crippen LogP contribution in [0.25, 0.3) is 11.1 Å². The van der Waals surface area contributed by atoms with Crippen LogP contribution in [0.1, 0.15) is 53.0 Å². The van der Waals surface area contributed by atoms with Crippen LogP contribution in [0.2, 0.25) is 0 Å². The van der Waals surface area contributed by atoms with Crippen molar-refractivity contribution in [3.63, 3.8) is 0 Å². The number of nitrogens with one attached hydrogen (secondary N) is 1. The quantitative estimate of drug-likeness (QED) is 0.717. The molecule has 1 saturated carbocycles. The molecule has 0 saturated heterocycles. The number of carbonyl (C=O) groups excluding carboxylic acids is 1. The Labute approximate surface area is 157 Å². The second kappa shape index (κ2) is 7.53. The van der Waals surface area contributed by atoms with Crippen LogP contribution in [0.4, 0.5) is 0 Å². The highest BCUT2D eigenvalue weighted by Crippen LogP contribution is 2.26. The summed E-state index contributed by atoms with van der Waals surface area (Å²) in [5, 5.41) is 17.5. The van der Waals surface area contributed by atoms with Crippen LogP contribution in [0.3, 0.4) is 0 Å². The zero-order chi connectivity index (χ0) is 19.6. The summed E-state index contributed by atoms with van der Waals surface area (Å²) < 4.78 is 23.6. The predicted molar refractivity (Wildman–Crippen MR) is 99.7 cm³/mol. The van der Waals surface area contributed by atoms with Crippen molar-refractivity contribution in [1.29, 1.82) is 0 Å². The van der Waals surface area contributed by atoms with Gasteiger partial charge in [0.25, 0.3) is 5.91 Å². The lowest BCUT2D eigenvalue weighted by molar-refractivity contribution is 0.0689. The second-order valence-corrected chi connectivity index (χ2v) is 8.03. The van der Waals surface area contributed by atoms with Gasteiger partial charge in [0, 0.05) is 23.4 Å². The molecule has 144 valence electrons. The van der Waals surface area contributed by atoms with Crippen LogP contribution in [0.15, 0.2) is 36.5 Å². The largest absolute Gasteiger partial charge is 0.477 e. The van der Waals surface area contributed by atoms with E-state index in [1.165, 1.54) is 12.5 Å². The third kappa shape index (κ3) is 4.20. The van der Waals surface area contributed by atoms with Crippen molar-refractivity contribution in [2.24, 2.45) is 5.14 Å². The van der Waals surface area contributed by atoms with Crippen LogP contribution >= 0.6 is 0 Å². The van der Waals surface area contributed by atoms with E-state index >= 15 is 0 Å². The fraction of sp³-hybridized carbons (Fsp3) is 0.333. The number of nitrogens with two attached hydrogens (primary N) is 1. The molecule has 1 fully saturated rings. The van der Waals surface area contributed by atoms with E-state index in [1.807, 2.05) is 0 Å². The summed E-state index contributed by atoms with van der Waals surface area (Å²) in [5.74, 6) is -1.59. The average Bonchev–Trinajstić information content (AvgIpc) is 3.08. The number of carbonyl (C=O) groups is 2. The number of nitrogens with zero attached hydrogens (tertiary/aromatic N) is 1. The predicted octanol–water partition coefficient (Wildman–Crippen LogP) is 1.97. The number of carboxylic acid groups (broad SMARTS) is 1. The summed E-state index contributed by atoms with van der Waals surface area (Å²) in [7, 11) is -4.23. The van der Waals surface area contributed by atoms with E-state index in [4.69, 9.17) is 5.14 Å². The third-order valence-corrected chi connectivity index (χ3v) is 5.58. The molecule has 0 unspecified atom stereocenters. The first kappa shape index (κ1) is 19.1. The van der Waals surface area contributed by atoms with Gasteiger partial charge in [-0.1, -0.05) is 31.4 Å². The molecule has 1 heterocycles. The Kier molecular flexibility index (Phi) is 5.33. The molecule has 8 nitrogen and oxygen atoms in total. The molecule has 3 rings (SSSR count). The standard InChI is InChI=1S/C18H21N3O5S/c19-27(25,26)21-11-10-15(16(21)18(23)24)12-6-8-13(9-7-12)17(22)20-14-4-2-1-3-5-14/h6-11,14H,1-5H2,(H,20,22)(H,23,24)(H2,19,25,26). The molecule has 4 N–H and O–H groups in total. The van der Waals surface area contributed by atoms with E-state index in [0.29, 0.717) is 15.1 Å². The van der Waals surface area contributed by atoms with Gasteiger partial charge >= 0.3 is 16.2 Å². The number of rotatable bonds is 5. The van der Waals surface area contributed by atoms with E-state index in [1.54, 1.807) is 24.3 Å². The maximum absolute atomic E-state index is 12.4. The maximum Gasteiger partial charge on any atom is 0.354 e. The number of aromatic nitrogens is 1. The number of carboxylic acids is 1. The number of benzene rings is 1. The molecule has 27 heavy (non-hydrogen) atoms. The van der Waals surface area contributed by atoms with Crippen LogP contribution in [-0.4, -0.2) is 35.4 Å². The minimum Gasteiger partial charge on any atom is -0.477 e. The fourth-order valence-corrected chi connectivity index (χ4v) is 4.05. The van der Waals surface area contributed by atoms with Crippen LogP contribution in [0.5, 0.6) is 0 Å². The highest BCUT2D eigenvalue weighted by atomic mass is 32.2. The van der Waals surface area contributed by atoms with Crippen molar-refractivity contribution in [1.82, 2.24) is 9.29 Å². The lowest BCUT2D eigenvalue weighted by Gasteiger charge is -2.22. The minimum atomic E-state index is -4.23. The molecule has 0 atom stereocenters. The molecule has 1 aliphatic carbocycles. The van der Waals surface area contributed by atoms with Crippen molar-refractivity contribution < 1.29 is 23.1 Å². The Balaban J connectivity index is 1.84. The van der Waals surface area contributed by atoms with Gasteiger partial charge in [-0.2, -0.15) is 8.42 Å². The molecule has 0 aliphatic heterocycles. The number of aromatic carboxylic acids is 1. The monoisotopic (exact) mass is 391 g/mol. The van der Waals surface area contributed by atoms with Gasteiger partial charge < -0.3 is 10.4 Å². The van der Waals surface area contributed by atoms with E-state index in [0.717, 1.165) is 31.9 Å². The van der Waals surface area contributed by atoms with Crippen molar-refractivity contribution in [2.75, 3.05) is 0 Å². The van der Waals surface area contributed by atoms with Gasteiger partial charge in [0.05, 0.1) is 0 Å². The molecular formula is C18H21N3O5S. The van der Waals surface area contributed by atoms with E-state index in [-0.39, 0.29) is 17.5 Å². The number of amides is 1. The van der Waals surface area contributed by atoms with E-state index in [2.05, 4.69) is 5.32 Å². The van der Waals surface area contributed by atoms with Gasteiger partial charge in [-0.05, 0) is 36.6 Å². The maximum atomic E-state index is 12.4. The second-order valence-electron chi connectivity index (χ2n) is 6.61. The van der Waals surface area contributed by atoms with Crippen LogP contribution in [-0.2, 0) is 10.2 Å². The number of hydrogen-bond acceptors (Lipinski definition) is 4. The molecule has 1 amide bonds. The minimum absolute atomic E-state index is 0.172. The molecule has 0 spiro atoms. The zero-order valence-corrected chi connectivity index (χ0v) is 15.4. The van der Waals surface area contributed by atoms with Crippen molar-refractivity contribution in [3.05, 3.63) is 47.8 Å². The topological polar surface area (TPSA) is 131 Å². The molecule has 1 aromatic heterocycles. The summed E-state index contributed by atoms with van der Waals surface area (Å²) >= 11 is 0. The highest BCUT2D eigenvalue weighted by Gasteiger charge is 2.23. The molecule has 2 aromatic rings. The molecular weight excluding hydrogens is 370 g/mol. The van der Waals surface area contributed by atoms with E-state index in [9.17, 15) is 23.1 Å².